The standard InChI is InChI=1S/C30H37Cl2N5O4S/c1-29(2,3)27(38)41-18-30(4,20-11-12-21(31)22(32)16-20)36-42-28(39)35-25-19(8-7-9-23(25)33)17-37-14-15-40-26(37)24-10-5-6-13-34-24/h7-9,11-12,14-16,34,36H,5-6,10,13,17-18,33H2,1-4H3,(H,35,39)/b26-24-. The van der Waals surface area contributed by atoms with E-state index in [1.54, 1.807) is 51.3 Å². The number of piperidine rings is 1. The van der Waals surface area contributed by atoms with Gasteiger partial charge in [-0.25, -0.2) is 4.72 Å². The molecule has 2 aliphatic rings. The Bertz CT molecular complexity index is 1390. The van der Waals surface area contributed by atoms with E-state index >= 15 is 0 Å². The van der Waals surface area contributed by atoms with Crippen molar-refractivity contribution in [1.29, 1.82) is 0 Å². The number of esters is 1. The van der Waals surface area contributed by atoms with E-state index in [-0.39, 0.29) is 12.6 Å². The lowest BCUT2D eigenvalue weighted by atomic mass is 9.93. The summed E-state index contributed by atoms with van der Waals surface area (Å²) in [7, 11) is 0. The molecule has 0 bridgehead atoms. The Morgan fingerprint density at radius 2 is 1.93 bits per heavy atom. The molecule has 0 radical (unpaired) electrons. The summed E-state index contributed by atoms with van der Waals surface area (Å²) in [5, 5.41) is 6.71. The molecular formula is C30H37Cl2N5O4S. The Morgan fingerprint density at radius 1 is 1.14 bits per heavy atom. The van der Waals surface area contributed by atoms with Crippen LogP contribution in [0, 0.1) is 5.41 Å². The number of benzene rings is 2. The summed E-state index contributed by atoms with van der Waals surface area (Å²) in [6.45, 7) is 8.46. The molecule has 0 aliphatic carbocycles. The van der Waals surface area contributed by atoms with Crippen molar-refractivity contribution in [2.45, 2.75) is 59.0 Å². The zero-order valence-electron chi connectivity index (χ0n) is 24.2. The highest BCUT2D eigenvalue weighted by Crippen LogP contribution is 2.33. The van der Waals surface area contributed by atoms with Crippen molar-refractivity contribution in [1.82, 2.24) is 14.9 Å². The number of rotatable bonds is 8. The molecule has 42 heavy (non-hydrogen) atoms. The number of ether oxygens (including phenoxy) is 2. The van der Waals surface area contributed by atoms with Crippen molar-refractivity contribution in [3.05, 3.63) is 81.6 Å². The van der Waals surface area contributed by atoms with Gasteiger partial charge in [-0.1, -0.05) is 41.4 Å². The van der Waals surface area contributed by atoms with Crippen LogP contribution in [0.4, 0.5) is 16.2 Å². The van der Waals surface area contributed by atoms with Crippen LogP contribution in [0.5, 0.6) is 0 Å². The number of nitrogens with zero attached hydrogens (tertiary/aromatic N) is 1. The fraction of sp³-hybridized carbons (Fsp3) is 0.400. The van der Waals surface area contributed by atoms with E-state index in [1.165, 1.54) is 0 Å². The van der Waals surface area contributed by atoms with Crippen molar-refractivity contribution in [3.63, 3.8) is 0 Å². The average molecular weight is 635 g/mol. The Balaban J connectivity index is 1.49. The maximum Gasteiger partial charge on any atom is 0.311 e. The highest BCUT2D eigenvalue weighted by atomic mass is 35.5. The van der Waals surface area contributed by atoms with Crippen LogP contribution in [0.2, 0.25) is 10.0 Å². The van der Waals surface area contributed by atoms with Gasteiger partial charge in [0.25, 0.3) is 5.24 Å². The molecule has 5 N–H and O–H groups in total. The first kappa shape index (κ1) is 31.9. The van der Waals surface area contributed by atoms with Crippen LogP contribution >= 0.6 is 35.1 Å². The topological polar surface area (TPSA) is 118 Å². The zero-order chi connectivity index (χ0) is 30.5. The minimum atomic E-state index is -0.978. The van der Waals surface area contributed by atoms with Gasteiger partial charge in [-0.2, -0.15) is 0 Å². The summed E-state index contributed by atoms with van der Waals surface area (Å²) in [6.07, 6.45) is 6.66. The van der Waals surface area contributed by atoms with Gasteiger partial charge in [0, 0.05) is 24.7 Å². The van der Waals surface area contributed by atoms with E-state index < -0.39 is 16.2 Å². The molecule has 12 heteroatoms. The number of amides is 1. The SMILES string of the molecule is CC(C)(C)C(=O)OCC(C)(NSC(=O)Nc1c(N)cccc1CN1C=CO/C1=C1/CCCCN1)c1ccc(Cl)c(Cl)c1. The molecule has 9 nitrogen and oxygen atoms in total. The molecule has 1 saturated heterocycles. The van der Waals surface area contributed by atoms with E-state index in [0.717, 1.165) is 54.9 Å². The molecule has 226 valence electrons. The molecule has 2 aliphatic heterocycles. The Labute approximate surface area is 261 Å². The summed E-state index contributed by atoms with van der Waals surface area (Å²) in [5.74, 6) is 0.386. The second-order valence-corrected chi connectivity index (χ2v) is 13.1. The highest BCUT2D eigenvalue weighted by Gasteiger charge is 2.33. The van der Waals surface area contributed by atoms with E-state index in [1.807, 2.05) is 30.2 Å². The molecule has 2 heterocycles. The third kappa shape index (κ3) is 7.86. The molecular weight excluding hydrogens is 597 g/mol. The van der Waals surface area contributed by atoms with E-state index in [2.05, 4.69) is 15.4 Å². The second-order valence-electron chi connectivity index (χ2n) is 11.5. The quantitative estimate of drug-likeness (QED) is 0.137. The van der Waals surface area contributed by atoms with Crippen molar-refractivity contribution < 1.29 is 19.1 Å². The smallest absolute Gasteiger partial charge is 0.311 e. The van der Waals surface area contributed by atoms with Gasteiger partial charge in [0.1, 0.15) is 12.9 Å². The number of nitrogen functional groups attached to an aromatic ring is 1. The van der Waals surface area contributed by atoms with Crippen LogP contribution in [0.15, 0.2) is 60.4 Å². The van der Waals surface area contributed by atoms with Crippen LogP contribution < -0.4 is 21.1 Å². The maximum atomic E-state index is 13.3. The first-order chi connectivity index (χ1) is 19.9. The number of nitrogens with two attached hydrogens (primary N) is 1. The minimum Gasteiger partial charge on any atom is -0.463 e. The minimum absolute atomic E-state index is 0.0488. The van der Waals surface area contributed by atoms with Crippen LogP contribution in [-0.2, 0) is 26.4 Å². The Kier molecular flexibility index (Phi) is 10.2. The third-order valence-corrected chi connectivity index (χ3v) is 8.49. The second kappa shape index (κ2) is 13.5. The lowest BCUT2D eigenvalue weighted by Crippen LogP contribution is -2.42. The number of carbonyl (C=O) groups excluding carboxylic acids is 2. The Hall–Kier alpha value is -3.05. The van der Waals surface area contributed by atoms with Gasteiger partial charge in [0.05, 0.1) is 44.6 Å². The number of hydrogen-bond acceptors (Lipinski definition) is 9. The van der Waals surface area contributed by atoms with Gasteiger partial charge in [-0.15, -0.1) is 0 Å². The highest BCUT2D eigenvalue weighted by molar-refractivity contribution is 8.12. The molecule has 0 saturated carbocycles. The monoisotopic (exact) mass is 633 g/mol. The number of halogens is 2. The average Bonchev–Trinajstić information content (AvgIpc) is 3.42. The fourth-order valence-electron chi connectivity index (χ4n) is 4.42. The normalized spacial score (nSPS) is 18.2. The molecule has 2 aromatic carbocycles. The number of hydrogen-bond donors (Lipinski definition) is 4. The van der Waals surface area contributed by atoms with Gasteiger partial charge in [-0.05, 0) is 76.3 Å². The molecule has 0 spiro atoms. The van der Waals surface area contributed by atoms with Gasteiger partial charge in [-0.3, -0.25) is 9.59 Å². The van der Waals surface area contributed by atoms with Crippen LogP contribution in [0.3, 0.4) is 0 Å². The van der Waals surface area contributed by atoms with Crippen molar-refractivity contribution in [2.75, 3.05) is 24.2 Å². The summed E-state index contributed by atoms with van der Waals surface area (Å²) in [5.41, 5.74) is 8.17. The molecule has 4 rings (SSSR count). The predicted octanol–water partition coefficient (Wildman–Crippen LogP) is 7.10. The first-order valence-electron chi connectivity index (χ1n) is 13.7. The number of allylic oxidation sites excluding steroid dienone is 1. The van der Waals surface area contributed by atoms with Crippen molar-refractivity contribution in [2.24, 2.45) is 5.41 Å². The van der Waals surface area contributed by atoms with Crippen LogP contribution in [-0.4, -0.2) is 29.3 Å². The molecule has 1 amide bonds. The van der Waals surface area contributed by atoms with E-state index in [0.29, 0.717) is 33.5 Å². The number of para-hydroxylation sites is 1. The van der Waals surface area contributed by atoms with Crippen LogP contribution in [0.25, 0.3) is 0 Å². The largest absolute Gasteiger partial charge is 0.463 e. The van der Waals surface area contributed by atoms with Crippen molar-refractivity contribution >= 4 is 57.7 Å². The predicted molar refractivity (Wildman–Crippen MR) is 169 cm³/mol. The molecule has 1 atom stereocenters. The van der Waals surface area contributed by atoms with Gasteiger partial charge < -0.3 is 30.7 Å². The lowest BCUT2D eigenvalue weighted by molar-refractivity contribution is -0.155. The first-order valence-corrected chi connectivity index (χ1v) is 15.3. The molecule has 0 aromatic heterocycles. The fourth-order valence-corrected chi connectivity index (χ4v) is 5.37. The number of carbonyl (C=O) groups is 2. The molecule has 1 unspecified atom stereocenters. The lowest BCUT2D eigenvalue weighted by Gasteiger charge is -2.31. The third-order valence-electron chi connectivity index (χ3n) is 6.91. The van der Waals surface area contributed by atoms with Gasteiger partial charge in [0.15, 0.2) is 0 Å². The van der Waals surface area contributed by atoms with E-state index in [9.17, 15) is 9.59 Å². The summed E-state index contributed by atoms with van der Waals surface area (Å²) in [4.78, 5) is 27.8. The van der Waals surface area contributed by atoms with E-state index in [4.69, 9.17) is 38.4 Å². The van der Waals surface area contributed by atoms with Crippen LogP contribution in [0.1, 0.15) is 58.1 Å². The zero-order valence-corrected chi connectivity index (χ0v) is 26.5. The summed E-state index contributed by atoms with van der Waals surface area (Å²) in [6, 6.07) is 10.6. The maximum absolute atomic E-state index is 13.3. The number of anilines is 2. The Morgan fingerprint density at radius 3 is 2.62 bits per heavy atom. The molecule has 2 aromatic rings. The summed E-state index contributed by atoms with van der Waals surface area (Å²) >= 11 is 13.3. The van der Waals surface area contributed by atoms with Gasteiger partial charge >= 0.3 is 5.97 Å². The van der Waals surface area contributed by atoms with Crippen molar-refractivity contribution in [3.8, 4) is 0 Å². The number of nitrogens with one attached hydrogen (secondary N) is 3. The molecule has 1 fully saturated rings. The van der Waals surface area contributed by atoms with Gasteiger partial charge in [0.2, 0.25) is 5.88 Å². The summed E-state index contributed by atoms with van der Waals surface area (Å²) < 4.78 is 14.6.